The number of aliphatic carboxylic acids is 1. The van der Waals surface area contributed by atoms with Crippen LogP contribution >= 0.6 is 22.9 Å². The smallest absolute Gasteiger partial charge is 0.306 e. The molecule has 2 atom stereocenters. The SMILES string of the molecule is CCCCc1nc(NCc2cc(Cl)sc2-c2ncc(O[C@H]3CCC[C@H](C(=O)O)C3)c(C)n2)no1. The van der Waals surface area contributed by atoms with Crippen LogP contribution in [-0.2, 0) is 17.8 Å². The molecule has 9 nitrogen and oxygen atoms in total. The summed E-state index contributed by atoms with van der Waals surface area (Å²) in [6, 6.07) is 1.88. The van der Waals surface area contributed by atoms with Crippen LogP contribution < -0.4 is 10.1 Å². The molecule has 4 rings (SSSR count). The molecule has 0 unspecified atom stereocenters. The number of aryl methyl sites for hydroxylation is 2. The van der Waals surface area contributed by atoms with Gasteiger partial charge in [-0.3, -0.25) is 4.79 Å². The van der Waals surface area contributed by atoms with Crippen LogP contribution in [-0.4, -0.2) is 37.3 Å². The van der Waals surface area contributed by atoms with Gasteiger partial charge in [-0.05, 0) is 55.8 Å². The first-order valence-electron chi connectivity index (χ1n) is 11.5. The van der Waals surface area contributed by atoms with Gasteiger partial charge in [0.25, 0.3) is 5.95 Å². The number of carbonyl (C=O) groups is 1. The summed E-state index contributed by atoms with van der Waals surface area (Å²) in [5.74, 6) is 1.08. The van der Waals surface area contributed by atoms with Gasteiger partial charge in [0.15, 0.2) is 11.6 Å². The first kappa shape index (κ1) is 24.4. The molecule has 3 aromatic heterocycles. The summed E-state index contributed by atoms with van der Waals surface area (Å²) in [7, 11) is 0. The van der Waals surface area contributed by atoms with Crippen LogP contribution in [0, 0.1) is 12.8 Å². The Balaban J connectivity index is 1.43. The number of thiophene rings is 1. The van der Waals surface area contributed by atoms with Gasteiger partial charge in [-0.15, -0.1) is 11.3 Å². The molecular weight excluding hydrogens is 478 g/mol. The summed E-state index contributed by atoms with van der Waals surface area (Å²) in [6.07, 6.45) is 7.22. The van der Waals surface area contributed by atoms with E-state index in [1.54, 1.807) is 6.20 Å². The number of hydrogen-bond acceptors (Lipinski definition) is 9. The van der Waals surface area contributed by atoms with E-state index in [-0.39, 0.29) is 12.0 Å². The highest BCUT2D eigenvalue weighted by Gasteiger charge is 2.28. The summed E-state index contributed by atoms with van der Waals surface area (Å²) in [4.78, 5) is 25.7. The number of anilines is 1. The molecule has 3 aromatic rings. The quantitative estimate of drug-likeness (QED) is 0.366. The second kappa shape index (κ2) is 11.1. The average Bonchev–Trinajstić information content (AvgIpc) is 3.43. The highest BCUT2D eigenvalue weighted by molar-refractivity contribution is 7.19. The van der Waals surface area contributed by atoms with Gasteiger partial charge in [0.2, 0.25) is 5.89 Å². The first-order valence-corrected chi connectivity index (χ1v) is 12.7. The fourth-order valence-corrected chi connectivity index (χ4v) is 5.19. The number of carboxylic acid groups (broad SMARTS) is 1. The van der Waals surface area contributed by atoms with E-state index in [0.29, 0.717) is 52.8 Å². The van der Waals surface area contributed by atoms with Crippen molar-refractivity contribution in [3.05, 3.63) is 33.7 Å². The van der Waals surface area contributed by atoms with Gasteiger partial charge in [0.1, 0.15) is 0 Å². The zero-order chi connectivity index (χ0) is 24.1. The Morgan fingerprint density at radius 3 is 3.00 bits per heavy atom. The number of ether oxygens (including phenoxy) is 1. The molecule has 1 fully saturated rings. The standard InChI is InChI=1S/C23H28ClN5O4S/c1-3-4-8-19-28-23(29-33-19)26-11-15-10-18(24)34-20(15)21-25-12-17(13(2)27-21)32-16-7-5-6-14(9-16)22(30)31/h10,12,14,16H,3-9,11H2,1-2H3,(H,26,29)(H,30,31)/t14-,16-/m0/s1. The molecule has 34 heavy (non-hydrogen) atoms. The zero-order valence-electron chi connectivity index (χ0n) is 19.2. The number of carboxylic acids is 1. The van der Waals surface area contributed by atoms with Gasteiger partial charge in [-0.25, -0.2) is 9.97 Å². The van der Waals surface area contributed by atoms with Crippen molar-refractivity contribution in [2.75, 3.05) is 5.32 Å². The Labute approximate surface area is 206 Å². The molecule has 182 valence electrons. The lowest BCUT2D eigenvalue weighted by Gasteiger charge is -2.27. The van der Waals surface area contributed by atoms with Crippen molar-refractivity contribution in [1.29, 1.82) is 0 Å². The van der Waals surface area contributed by atoms with Crippen molar-refractivity contribution in [3.8, 4) is 16.5 Å². The third-order valence-corrected chi connectivity index (χ3v) is 7.14. The highest BCUT2D eigenvalue weighted by Crippen LogP contribution is 2.35. The molecule has 0 spiro atoms. The van der Waals surface area contributed by atoms with E-state index in [0.717, 1.165) is 42.5 Å². The first-order chi connectivity index (χ1) is 16.4. The van der Waals surface area contributed by atoms with Gasteiger partial charge < -0.3 is 19.7 Å². The Morgan fingerprint density at radius 2 is 2.24 bits per heavy atom. The normalized spacial score (nSPS) is 18.1. The molecule has 0 bridgehead atoms. The van der Waals surface area contributed by atoms with Crippen molar-refractivity contribution in [1.82, 2.24) is 20.1 Å². The molecule has 0 amide bonds. The van der Waals surface area contributed by atoms with Crippen LogP contribution in [0.4, 0.5) is 5.95 Å². The molecule has 0 saturated heterocycles. The van der Waals surface area contributed by atoms with Crippen LogP contribution in [0.5, 0.6) is 5.75 Å². The lowest BCUT2D eigenvalue weighted by molar-refractivity contribution is -0.143. The number of unbranched alkanes of at least 4 members (excludes halogenated alkanes) is 1. The predicted octanol–water partition coefficient (Wildman–Crippen LogP) is 5.53. The Kier molecular flexibility index (Phi) is 7.99. The average molecular weight is 506 g/mol. The van der Waals surface area contributed by atoms with Gasteiger partial charge in [0, 0.05) is 13.0 Å². The van der Waals surface area contributed by atoms with Gasteiger partial charge in [-0.2, -0.15) is 4.98 Å². The van der Waals surface area contributed by atoms with E-state index < -0.39 is 5.97 Å². The Morgan fingerprint density at radius 1 is 1.38 bits per heavy atom. The van der Waals surface area contributed by atoms with Crippen LogP contribution in [0.3, 0.4) is 0 Å². The van der Waals surface area contributed by atoms with Crippen molar-refractivity contribution in [2.24, 2.45) is 5.92 Å². The van der Waals surface area contributed by atoms with E-state index >= 15 is 0 Å². The lowest BCUT2D eigenvalue weighted by atomic mass is 9.87. The second-order valence-electron chi connectivity index (χ2n) is 8.46. The van der Waals surface area contributed by atoms with Gasteiger partial charge in [-0.1, -0.05) is 24.9 Å². The number of nitrogens with one attached hydrogen (secondary N) is 1. The Hall–Kier alpha value is -2.72. The molecule has 1 aliphatic carbocycles. The highest BCUT2D eigenvalue weighted by atomic mass is 35.5. The molecule has 1 aliphatic rings. The van der Waals surface area contributed by atoms with Gasteiger partial charge in [0.05, 0.1) is 33.1 Å². The fourth-order valence-electron chi connectivity index (χ4n) is 3.98. The molecule has 0 aromatic carbocycles. The minimum Gasteiger partial charge on any atom is -0.487 e. The summed E-state index contributed by atoms with van der Waals surface area (Å²) in [5, 5.41) is 16.5. The number of halogens is 1. The number of nitrogens with zero attached hydrogens (tertiary/aromatic N) is 4. The summed E-state index contributed by atoms with van der Waals surface area (Å²) in [6.45, 7) is 4.43. The van der Waals surface area contributed by atoms with Crippen molar-refractivity contribution in [3.63, 3.8) is 0 Å². The molecule has 1 saturated carbocycles. The summed E-state index contributed by atoms with van der Waals surface area (Å²) >= 11 is 7.71. The third-order valence-electron chi connectivity index (χ3n) is 5.83. The summed E-state index contributed by atoms with van der Waals surface area (Å²) < 4.78 is 12.0. The largest absolute Gasteiger partial charge is 0.487 e. The van der Waals surface area contributed by atoms with Crippen LogP contribution in [0.15, 0.2) is 16.8 Å². The minimum absolute atomic E-state index is 0.142. The van der Waals surface area contributed by atoms with Crippen LogP contribution in [0.2, 0.25) is 4.34 Å². The second-order valence-corrected chi connectivity index (χ2v) is 10.1. The number of aromatic nitrogens is 4. The number of rotatable bonds is 10. The van der Waals surface area contributed by atoms with Crippen molar-refractivity contribution in [2.45, 2.75) is 71.4 Å². The lowest BCUT2D eigenvalue weighted by Crippen LogP contribution is -2.29. The molecule has 0 aliphatic heterocycles. The predicted molar refractivity (Wildman–Crippen MR) is 129 cm³/mol. The van der Waals surface area contributed by atoms with E-state index in [4.69, 9.17) is 20.9 Å². The van der Waals surface area contributed by atoms with E-state index in [1.165, 1.54) is 11.3 Å². The maximum absolute atomic E-state index is 11.3. The monoisotopic (exact) mass is 505 g/mol. The fraction of sp³-hybridized carbons (Fsp3) is 0.522. The third kappa shape index (κ3) is 6.04. The zero-order valence-corrected chi connectivity index (χ0v) is 20.8. The molecule has 2 N–H and O–H groups in total. The van der Waals surface area contributed by atoms with Crippen molar-refractivity contribution < 1.29 is 19.2 Å². The maximum atomic E-state index is 11.3. The summed E-state index contributed by atoms with van der Waals surface area (Å²) in [5.41, 5.74) is 1.63. The topological polar surface area (TPSA) is 123 Å². The van der Waals surface area contributed by atoms with Crippen LogP contribution in [0.1, 0.15) is 62.6 Å². The van der Waals surface area contributed by atoms with E-state index in [2.05, 4.69) is 32.3 Å². The number of hydrogen-bond donors (Lipinski definition) is 2. The molecule has 11 heteroatoms. The van der Waals surface area contributed by atoms with E-state index in [1.807, 2.05) is 13.0 Å². The van der Waals surface area contributed by atoms with Crippen molar-refractivity contribution >= 4 is 34.9 Å². The molecule has 3 heterocycles. The van der Waals surface area contributed by atoms with Gasteiger partial charge >= 0.3 is 5.97 Å². The minimum atomic E-state index is -0.759. The van der Waals surface area contributed by atoms with E-state index in [9.17, 15) is 9.90 Å². The maximum Gasteiger partial charge on any atom is 0.306 e. The molecule has 0 radical (unpaired) electrons. The molecular formula is C23H28ClN5O4S. The Bertz CT molecular complexity index is 1130. The van der Waals surface area contributed by atoms with Crippen LogP contribution in [0.25, 0.3) is 10.7 Å².